The van der Waals surface area contributed by atoms with Crippen molar-refractivity contribution >= 4 is 11.6 Å². The van der Waals surface area contributed by atoms with Crippen LogP contribution in [0, 0.1) is 0 Å². The molecule has 1 atom stereocenters. The summed E-state index contributed by atoms with van der Waals surface area (Å²) in [5.74, 6) is 1.03. The fourth-order valence-corrected chi connectivity index (χ4v) is 1.68. The van der Waals surface area contributed by atoms with Crippen LogP contribution in [0.3, 0.4) is 0 Å². The van der Waals surface area contributed by atoms with Crippen molar-refractivity contribution in [1.29, 1.82) is 0 Å². The highest BCUT2D eigenvalue weighted by Gasteiger charge is 2.11. The Bertz CT molecular complexity index is 542. The quantitative estimate of drug-likeness (QED) is 0.910. The lowest BCUT2D eigenvalue weighted by Crippen LogP contribution is -2.03. The number of benzene rings is 1. The number of aliphatic hydroxyl groups is 1. The zero-order valence-electron chi connectivity index (χ0n) is 10.0. The Hall–Kier alpha value is -1.66. The van der Waals surface area contributed by atoms with Gasteiger partial charge in [-0.05, 0) is 30.3 Å². The smallest absolute Gasteiger partial charge is 0.212 e. The Kier molecular flexibility index (Phi) is 3.78. The standard InChI is InChI=1S/C11H13ClN4O2/c1-7(17)9-5-8(12)3-4-10(9)18-6-11-13-15-16(2)14-11/h3-5,7,17H,6H2,1-2H3. The molecule has 0 saturated carbocycles. The van der Waals surface area contributed by atoms with E-state index in [9.17, 15) is 5.11 Å². The largest absolute Gasteiger partial charge is 0.485 e. The Morgan fingerprint density at radius 2 is 2.28 bits per heavy atom. The van der Waals surface area contributed by atoms with Gasteiger partial charge in [-0.25, -0.2) is 0 Å². The summed E-state index contributed by atoms with van der Waals surface area (Å²) in [5, 5.41) is 21.7. The number of tetrazole rings is 1. The molecule has 1 heterocycles. The van der Waals surface area contributed by atoms with Crippen LogP contribution in [-0.2, 0) is 13.7 Å². The topological polar surface area (TPSA) is 73.1 Å². The minimum Gasteiger partial charge on any atom is -0.485 e. The van der Waals surface area contributed by atoms with Gasteiger partial charge < -0.3 is 9.84 Å². The molecule has 0 fully saturated rings. The molecule has 7 heteroatoms. The summed E-state index contributed by atoms with van der Waals surface area (Å²) in [6.07, 6.45) is -0.659. The molecular formula is C11H13ClN4O2. The molecule has 1 unspecified atom stereocenters. The highest BCUT2D eigenvalue weighted by Crippen LogP contribution is 2.28. The Morgan fingerprint density at radius 1 is 1.50 bits per heavy atom. The molecule has 0 radical (unpaired) electrons. The zero-order chi connectivity index (χ0) is 13.1. The molecule has 2 aromatic rings. The zero-order valence-corrected chi connectivity index (χ0v) is 10.8. The molecule has 1 aromatic carbocycles. The highest BCUT2D eigenvalue weighted by molar-refractivity contribution is 6.30. The van der Waals surface area contributed by atoms with E-state index in [4.69, 9.17) is 16.3 Å². The van der Waals surface area contributed by atoms with E-state index in [0.29, 0.717) is 22.2 Å². The third kappa shape index (κ3) is 2.96. The van der Waals surface area contributed by atoms with Crippen molar-refractivity contribution in [3.8, 4) is 5.75 Å². The van der Waals surface area contributed by atoms with Gasteiger partial charge in [0.1, 0.15) is 5.75 Å². The first kappa shape index (κ1) is 12.8. The number of ether oxygens (including phenoxy) is 1. The molecule has 18 heavy (non-hydrogen) atoms. The molecule has 0 spiro atoms. The maximum Gasteiger partial charge on any atom is 0.212 e. The minimum absolute atomic E-state index is 0.190. The fraction of sp³-hybridized carbons (Fsp3) is 0.364. The van der Waals surface area contributed by atoms with Crippen LogP contribution in [0.2, 0.25) is 5.02 Å². The normalized spacial score (nSPS) is 12.4. The molecule has 0 aliphatic carbocycles. The summed E-state index contributed by atoms with van der Waals surface area (Å²) in [5.41, 5.74) is 0.631. The highest BCUT2D eigenvalue weighted by atomic mass is 35.5. The average Bonchev–Trinajstić information content (AvgIpc) is 2.73. The fourth-order valence-electron chi connectivity index (χ4n) is 1.50. The van der Waals surface area contributed by atoms with Gasteiger partial charge in [0, 0.05) is 10.6 Å². The average molecular weight is 269 g/mol. The van der Waals surface area contributed by atoms with E-state index in [1.165, 1.54) is 4.80 Å². The van der Waals surface area contributed by atoms with Crippen LogP contribution < -0.4 is 4.74 Å². The monoisotopic (exact) mass is 268 g/mol. The van der Waals surface area contributed by atoms with Crippen LogP contribution >= 0.6 is 11.6 Å². The molecular weight excluding hydrogens is 256 g/mol. The molecule has 0 saturated heterocycles. The van der Waals surface area contributed by atoms with E-state index in [1.807, 2.05) is 0 Å². The number of aryl methyl sites for hydroxylation is 1. The SMILES string of the molecule is CC(O)c1cc(Cl)ccc1OCc1nnn(C)n1. The molecule has 6 nitrogen and oxygen atoms in total. The van der Waals surface area contributed by atoms with Crippen molar-refractivity contribution in [2.45, 2.75) is 19.6 Å². The maximum absolute atomic E-state index is 9.64. The molecule has 96 valence electrons. The summed E-state index contributed by atoms with van der Waals surface area (Å²) >= 11 is 5.88. The van der Waals surface area contributed by atoms with E-state index < -0.39 is 6.10 Å². The number of hydrogen-bond acceptors (Lipinski definition) is 5. The number of halogens is 1. The van der Waals surface area contributed by atoms with Crippen LogP contribution in [0.5, 0.6) is 5.75 Å². The van der Waals surface area contributed by atoms with Crippen LogP contribution in [0.15, 0.2) is 18.2 Å². The van der Waals surface area contributed by atoms with Gasteiger partial charge in [-0.1, -0.05) is 11.6 Å². The number of aliphatic hydroxyl groups excluding tert-OH is 1. The van der Waals surface area contributed by atoms with Gasteiger partial charge >= 0.3 is 0 Å². The molecule has 2 rings (SSSR count). The Morgan fingerprint density at radius 3 is 2.89 bits per heavy atom. The van der Waals surface area contributed by atoms with E-state index in [-0.39, 0.29) is 6.61 Å². The third-order valence-corrected chi connectivity index (χ3v) is 2.56. The number of aromatic nitrogens is 4. The lowest BCUT2D eigenvalue weighted by molar-refractivity contribution is 0.189. The first-order valence-corrected chi connectivity index (χ1v) is 5.77. The van der Waals surface area contributed by atoms with Crippen molar-refractivity contribution in [2.75, 3.05) is 0 Å². The van der Waals surface area contributed by atoms with Gasteiger partial charge in [0.25, 0.3) is 0 Å². The molecule has 1 aromatic heterocycles. The van der Waals surface area contributed by atoms with E-state index in [2.05, 4.69) is 15.4 Å². The number of rotatable bonds is 4. The van der Waals surface area contributed by atoms with Gasteiger partial charge in [-0.15, -0.1) is 10.2 Å². The van der Waals surface area contributed by atoms with Gasteiger partial charge in [0.05, 0.1) is 13.2 Å². The lowest BCUT2D eigenvalue weighted by atomic mass is 10.1. The van der Waals surface area contributed by atoms with Crippen LogP contribution in [0.1, 0.15) is 24.4 Å². The summed E-state index contributed by atoms with van der Waals surface area (Å²) in [4.78, 5) is 1.36. The van der Waals surface area contributed by atoms with E-state index >= 15 is 0 Å². The predicted octanol–water partition coefficient (Wildman–Crippen LogP) is 1.50. The van der Waals surface area contributed by atoms with Crippen molar-refractivity contribution in [2.24, 2.45) is 7.05 Å². The van der Waals surface area contributed by atoms with Crippen LogP contribution in [0.25, 0.3) is 0 Å². The minimum atomic E-state index is -0.659. The van der Waals surface area contributed by atoms with Crippen LogP contribution in [0.4, 0.5) is 0 Å². The molecule has 0 aliphatic rings. The summed E-state index contributed by atoms with van der Waals surface area (Å²) in [6, 6.07) is 5.08. The second-order valence-electron chi connectivity index (χ2n) is 3.84. The first-order valence-electron chi connectivity index (χ1n) is 5.39. The summed E-state index contributed by atoms with van der Waals surface area (Å²) in [6.45, 7) is 1.84. The third-order valence-electron chi connectivity index (χ3n) is 2.33. The second-order valence-corrected chi connectivity index (χ2v) is 4.28. The van der Waals surface area contributed by atoms with Gasteiger partial charge in [-0.2, -0.15) is 4.80 Å². The van der Waals surface area contributed by atoms with Crippen molar-refractivity contribution in [1.82, 2.24) is 20.2 Å². The Labute approximate surface area is 109 Å². The van der Waals surface area contributed by atoms with Gasteiger partial charge in [0.15, 0.2) is 6.61 Å². The van der Waals surface area contributed by atoms with Gasteiger partial charge in [0.2, 0.25) is 5.82 Å². The second kappa shape index (κ2) is 5.32. The molecule has 0 bridgehead atoms. The van der Waals surface area contributed by atoms with Gasteiger partial charge in [-0.3, -0.25) is 0 Å². The van der Waals surface area contributed by atoms with Crippen molar-refractivity contribution in [3.05, 3.63) is 34.6 Å². The summed E-state index contributed by atoms with van der Waals surface area (Å²) < 4.78 is 5.56. The van der Waals surface area contributed by atoms with E-state index in [1.54, 1.807) is 32.2 Å². The van der Waals surface area contributed by atoms with Crippen LogP contribution in [-0.4, -0.2) is 25.3 Å². The van der Waals surface area contributed by atoms with E-state index in [0.717, 1.165) is 0 Å². The number of hydrogen-bond donors (Lipinski definition) is 1. The molecule has 1 N–H and O–H groups in total. The molecule has 0 aliphatic heterocycles. The first-order chi connectivity index (χ1) is 8.56. The van der Waals surface area contributed by atoms with Crippen molar-refractivity contribution in [3.63, 3.8) is 0 Å². The molecule has 0 amide bonds. The maximum atomic E-state index is 9.64. The number of nitrogens with zero attached hydrogens (tertiary/aromatic N) is 4. The lowest BCUT2D eigenvalue weighted by Gasteiger charge is -2.12. The Balaban J connectivity index is 2.13. The predicted molar refractivity (Wildman–Crippen MR) is 65.2 cm³/mol. The summed E-state index contributed by atoms with van der Waals surface area (Å²) in [7, 11) is 1.68. The van der Waals surface area contributed by atoms with Crippen molar-refractivity contribution < 1.29 is 9.84 Å².